The van der Waals surface area contributed by atoms with Crippen molar-refractivity contribution in [3.8, 4) is 0 Å². The zero-order chi connectivity index (χ0) is 10.8. The Labute approximate surface area is 91.1 Å². The van der Waals surface area contributed by atoms with E-state index < -0.39 is 0 Å². The maximum absolute atomic E-state index is 10.1. The minimum absolute atomic E-state index is 0.338. The summed E-state index contributed by atoms with van der Waals surface area (Å²) in [6.45, 7) is 4.37. The van der Waals surface area contributed by atoms with Crippen LogP contribution in [-0.2, 0) is 0 Å². The molecule has 1 unspecified atom stereocenters. The number of aliphatic hydroxyl groups excluding tert-OH is 1. The van der Waals surface area contributed by atoms with Crippen LogP contribution in [0.5, 0.6) is 0 Å². The molecule has 1 aliphatic rings. The van der Waals surface area contributed by atoms with Gasteiger partial charge in [-0.2, -0.15) is 0 Å². The minimum Gasteiger partial charge on any atom is -0.387 e. The molecule has 0 saturated heterocycles. The van der Waals surface area contributed by atoms with E-state index in [1.54, 1.807) is 0 Å². The van der Waals surface area contributed by atoms with Gasteiger partial charge in [-0.05, 0) is 31.6 Å². The second kappa shape index (κ2) is 4.35. The average Bonchev–Trinajstić information content (AvgIpc) is 2.93. The van der Waals surface area contributed by atoms with Crippen molar-refractivity contribution in [1.29, 1.82) is 0 Å². The van der Waals surface area contributed by atoms with Crippen LogP contribution < -0.4 is 0 Å². The lowest BCUT2D eigenvalue weighted by molar-refractivity contribution is 0.150. The Morgan fingerprint density at radius 3 is 2.80 bits per heavy atom. The summed E-state index contributed by atoms with van der Waals surface area (Å²) in [4.78, 5) is 4.13. The number of imidazole rings is 1. The second-order valence-corrected chi connectivity index (χ2v) is 4.94. The van der Waals surface area contributed by atoms with E-state index in [0.717, 1.165) is 18.5 Å². The van der Waals surface area contributed by atoms with Crippen LogP contribution in [0.2, 0.25) is 0 Å². The monoisotopic (exact) mass is 208 g/mol. The van der Waals surface area contributed by atoms with Gasteiger partial charge >= 0.3 is 0 Å². The Morgan fingerprint density at radius 2 is 2.20 bits per heavy atom. The number of aliphatic hydroxyl groups is 1. The van der Waals surface area contributed by atoms with Crippen molar-refractivity contribution >= 4 is 0 Å². The lowest BCUT2D eigenvalue weighted by atomic mass is 10.0. The molecule has 15 heavy (non-hydrogen) atoms. The van der Waals surface area contributed by atoms with Crippen LogP contribution in [0.25, 0.3) is 0 Å². The van der Waals surface area contributed by atoms with Crippen molar-refractivity contribution < 1.29 is 5.11 Å². The maximum atomic E-state index is 10.1. The van der Waals surface area contributed by atoms with Crippen LogP contribution in [0.15, 0.2) is 12.5 Å². The molecule has 2 rings (SSSR count). The molecule has 3 nitrogen and oxygen atoms in total. The van der Waals surface area contributed by atoms with E-state index in [2.05, 4.69) is 23.4 Å². The lowest BCUT2D eigenvalue weighted by Gasteiger charge is -2.14. The maximum Gasteiger partial charge on any atom is 0.0956 e. The molecule has 0 bridgehead atoms. The highest BCUT2D eigenvalue weighted by molar-refractivity contribution is 5.06. The first-order valence-electron chi connectivity index (χ1n) is 5.88. The fourth-order valence-corrected chi connectivity index (χ4v) is 1.87. The van der Waals surface area contributed by atoms with Crippen molar-refractivity contribution in [3.05, 3.63) is 18.2 Å². The number of rotatable bonds is 5. The Balaban J connectivity index is 1.98. The Morgan fingerprint density at radius 1 is 1.47 bits per heavy atom. The summed E-state index contributed by atoms with van der Waals surface area (Å²) in [6.07, 6.45) is 7.71. The highest BCUT2D eigenvalue weighted by Crippen LogP contribution is 2.37. The molecular weight excluding hydrogens is 188 g/mol. The summed E-state index contributed by atoms with van der Waals surface area (Å²) in [5.41, 5.74) is 0.998. The van der Waals surface area contributed by atoms with Gasteiger partial charge in [0, 0.05) is 6.04 Å². The first kappa shape index (κ1) is 10.7. The predicted molar refractivity (Wildman–Crippen MR) is 59.5 cm³/mol. The van der Waals surface area contributed by atoms with Crippen LogP contribution >= 0.6 is 0 Å². The summed E-state index contributed by atoms with van der Waals surface area (Å²) in [6, 6.07) is 0.608. The molecule has 1 atom stereocenters. The van der Waals surface area contributed by atoms with Gasteiger partial charge in [-0.3, -0.25) is 0 Å². The van der Waals surface area contributed by atoms with Crippen molar-refractivity contribution in [2.45, 2.75) is 51.7 Å². The summed E-state index contributed by atoms with van der Waals surface area (Å²) < 4.78 is 2.14. The van der Waals surface area contributed by atoms with Crippen LogP contribution in [0.1, 0.15) is 57.4 Å². The molecule has 1 fully saturated rings. The van der Waals surface area contributed by atoms with E-state index in [1.165, 1.54) is 12.8 Å². The molecule has 0 amide bonds. The van der Waals surface area contributed by atoms with Gasteiger partial charge < -0.3 is 9.67 Å². The minimum atomic E-state index is -0.338. The largest absolute Gasteiger partial charge is 0.387 e. The third-order valence-corrected chi connectivity index (χ3v) is 3.00. The number of hydrogen-bond acceptors (Lipinski definition) is 2. The lowest BCUT2D eigenvalue weighted by Crippen LogP contribution is -2.06. The van der Waals surface area contributed by atoms with Crippen LogP contribution in [0.3, 0.4) is 0 Å². The molecule has 1 aromatic rings. The van der Waals surface area contributed by atoms with Crippen LogP contribution in [-0.4, -0.2) is 14.7 Å². The van der Waals surface area contributed by atoms with Crippen molar-refractivity contribution in [3.63, 3.8) is 0 Å². The third kappa shape index (κ3) is 2.59. The van der Waals surface area contributed by atoms with Crippen LogP contribution in [0, 0.1) is 5.92 Å². The zero-order valence-electron chi connectivity index (χ0n) is 9.56. The molecule has 1 N–H and O–H groups in total. The summed E-state index contributed by atoms with van der Waals surface area (Å²) in [5.74, 6) is 0.650. The average molecular weight is 208 g/mol. The molecule has 1 heterocycles. The second-order valence-electron chi connectivity index (χ2n) is 4.94. The van der Waals surface area contributed by atoms with Gasteiger partial charge in [-0.15, -0.1) is 0 Å². The van der Waals surface area contributed by atoms with E-state index >= 15 is 0 Å². The summed E-state index contributed by atoms with van der Waals surface area (Å²) in [5, 5.41) is 10.1. The van der Waals surface area contributed by atoms with E-state index in [1.807, 2.05) is 12.5 Å². The predicted octanol–water partition coefficient (Wildman–Crippen LogP) is 2.69. The summed E-state index contributed by atoms with van der Waals surface area (Å²) >= 11 is 0. The molecule has 0 radical (unpaired) electrons. The molecule has 0 spiro atoms. The van der Waals surface area contributed by atoms with Gasteiger partial charge in [0.2, 0.25) is 0 Å². The first-order valence-corrected chi connectivity index (χ1v) is 5.88. The topological polar surface area (TPSA) is 38.1 Å². The Bertz CT molecular complexity index is 315. The molecule has 1 saturated carbocycles. The van der Waals surface area contributed by atoms with E-state index in [9.17, 15) is 5.11 Å². The van der Waals surface area contributed by atoms with Gasteiger partial charge in [0.25, 0.3) is 0 Å². The zero-order valence-corrected chi connectivity index (χ0v) is 9.56. The standard InChI is InChI=1S/C12H20N2O/c1-9(2)3-6-12(15)11-7-13-8-14(11)10-4-5-10/h7-10,12,15H,3-6H2,1-2H3. The third-order valence-electron chi connectivity index (χ3n) is 3.00. The van der Waals surface area contributed by atoms with Crippen molar-refractivity contribution in [2.24, 2.45) is 5.92 Å². The smallest absolute Gasteiger partial charge is 0.0956 e. The number of aromatic nitrogens is 2. The molecule has 1 aromatic heterocycles. The molecular formula is C12H20N2O. The Kier molecular flexibility index (Phi) is 3.10. The fraction of sp³-hybridized carbons (Fsp3) is 0.750. The van der Waals surface area contributed by atoms with Crippen molar-refractivity contribution in [1.82, 2.24) is 9.55 Å². The highest BCUT2D eigenvalue weighted by Gasteiger charge is 2.27. The van der Waals surface area contributed by atoms with Crippen LogP contribution in [0.4, 0.5) is 0 Å². The quantitative estimate of drug-likeness (QED) is 0.808. The van der Waals surface area contributed by atoms with Gasteiger partial charge in [-0.1, -0.05) is 13.8 Å². The van der Waals surface area contributed by atoms with E-state index in [0.29, 0.717) is 12.0 Å². The molecule has 0 aromatic carbocycles. The molecule has 0 aliphatic heterocycles. The van der Waals surface area contributed by atoms with Gasteiger partial charge in [0.05, 0.1) is 24.3 Å². The first-order chi connectivity index (χ1) is 7.18. The van der Waals surface area contributed by atoms with E-state index in [4.69, 9.17) is 0 Å². The highest BCUT2D eigenvalue weighted by atomic mass is 16.3. The Hall–Kier alpha value is -0.830. The number of nitrogens with zero attached hydrogens (tertiary/aromatic N) is 2. The number of hydrogen-bond donors (Lipinski definition) is 1. The molecule has 1 aliphatic carbocycles. The fourth-order valence-electron chi connectivity index (χ4n) is 1.87. The normalized spacial score (nSPS) is 18.4. The SMILES string of the molecule is CC(C)CCC(O)c1cncn1C1CC1. The molecule has 3 heteroatoms. The molecule has 84 valence electrons. The summed E-state index contributed by atoms with van der Waals surface area (Å²) in [7, 11) is 0. The van der Waals surface area contributed by atoms with Gasteiger partial charge in [-0.25, -0.2) is 4.98 Å². The van der Waals surface area contributed by atoms with Crippen molar-refractivity contribution in [2.75, 3.05) is 0 Å². The van der Waals surface area contributed by atoms with E-state index in [-0.39, 0.29) is 6.10 Å². The van der Waals surface area contributed by atoms with Gasteiger partial charge in [0.15, 0.2) is 0 Å². The van der Waals surface area contributed by atoms with Gasteiger partial charge in [0.1, 0.15) is 0 Å².